The Balaban J connectivity index is 1.82. The summed E-state index contributed by atoms with van der Waals surface area (Å²) in [5.74, 6) is 0. The fourth-order valence-electron chi connectivity index (χ4n) is 3.55. The second-order valence-corrected chi connectivity index (χ2v) is 7.16. The van der Waals surface area contributed by atoms with Crippen molar-refractivity contribution in [2.24, 2.45) is 5.41 Å². The molecule has 0 amide bonds. The number of piperazine rings is 1. The fourth-order valence-corrected chi connectivity index (χ4v) is 4.29. The standard InChI is InChI=1S/C15H29BrN2/c1-14(2)18-10-8-17(9-11-18)13-15(12-16)6-4-3-5-7-15/h14H,3-13H2,1-2H3. The molecule has 1 aliphatic heterocycles. The zero-order valence-corrected chi connectivity index (χ0v) is 13.7. The molecule has 0 atom stereocenters. The summed E-state index contributed by atoms with van der Waals surface area (Å²) in [6.07, 6.45) is 7.20. The van der Waals surface area contributed by atoms with Crippen molar-refractivity contribution in [3.05, 3.63) is 0 Å². The van der Waals surface area contributed by atoms with Crippen LogP contribution in [0.3, 0.4) is 0 Å². The molecule has 0 N–H and O–H groups in total. The molecule has 0 radical (unpaired) electrons. The largest absolute Gasteiger partial charge is 0.300 e. The van der Waals surface area contributed by atoms with Gasteiger partial charge in [-0.25, -0.2) is 0 Å². The summed E-state index contributed by atoms with van der Waals surface area (Å²) in [6.45, 7) is 11.0. The zero-order valence-electron chi connectivity index (χ0n) is 12.1. The number of hydrogen-bond donors (Lipinski definition) is 0. The van der Waals surface area contributed by atoms with E-state index >= 15 is 0 Å². The lowest BCUT2D eigenvalue weighted by Gasteiger charge is -2.44. The highest BCUT2D eigenvalue weighted by molar-refractivity contribution is 9.09. The first-order valence-corrected chi connectivity index (χ1v) is 8.80. The van der Waals surface area contributed by atoms with Crippen LogP contribution in [0.4, 0.5) is 0 Å². The van der Waals surface area contributed by atoms with E-state index in [2.05, 4.69) is 39.6 Å². The molecule has 0 spiro atoms. The Kier molecular flexibility index (Phi) is 5.52. The minimum absolute atomic E-state index is 0.582. The molecule has 1 heterocycles. The minimum atomic E-state index is 0.582. The molecule has 3 heteroatoms. The maximum atomic E-state index is 3.79. The minimum Gasteiger partial charge on any atom is -0.300 e. The van der Waals surface area contributed by atoms with Crippen molar-refractivity contribution in [2.75, 3.05) is 38.1 Å². The molecular formula is C15H29BrN2. The lowest BCUT2D eigenvalue weighted by molar-refractivity contribution is 0.0635. The van der Waals surface area contributed by atoms with Crippen molar-refractivity contribution in [1.82, 2.24) is 9.80 Å². The van der Waals surface area contributed by atoms with Crippen LogP contribution < -0.4 is 0 Å². The van der Waals surface area contributed by atoms with Gasteiger partial charge in [-0.1, -0.05) is 35.2 Å². The predicted molar refractivity (Wildman–Crippen MR) is 82.5 cm³/mol. The summed E-state index contributed by atoms with van der Waals surface area (Å²) >= 11 is 3.79. The molecule has 0 aromatic rings. The van der Waals surface area contributed by atoms with Gasteiger partial charge < -0.3 is 4.90 Å². The van der Waals surface area contributed by atoms with E-state index in [4.69, 9.17) is 0 Å². The summed E-state index contributed by atoms with van der Waals surface area (Å²) < 4.78 is 0. The normalized spacial score (nSPS) is 26.7. The molecule has 2 fully saturated rings. The average Bonchev–Trinajstić information content (AvgIpc) is 2.40. The number of hydrogen-bond acceptors (Lipinski definition) is 2. The van der Waals surface area contributed by atoms with Gasteiger partial charge in [-0.3, -0.25) is 4.90 Å². The van der Waals surface area contributed by atoms with E-state index in [1.807, 2.05) is 0 Å². The van der Waals surface area contributed by atoms with E-state index in [9.17, 15) is 0 Å². The molecule has 1 aliphatic carbocycles. The average molecular weight is 317 g/mol. The third kappa shape index (κ3) is 3.71. The van der Waals surface area contributed by atoms with E-state index in [0.29, 0.717) is 11.5 Å². The van der Waals surface area contributed by atoms with E-state index in [1.54, 1.807) is 0 Å². The Morgan fingerprint density at radius 3 is 2.11 bits per heavy atom. The predicted octanol–water partition coefficient (Wildman–Crippen LogP) is 3.36. The van der Waals surface area contributed by atoms with Gasteiger partial charge >= 0.3 is 0 Å². The van der Waals surface area contributed by atoms with Gasteiger partial charge in [0.1, 0.15) is 0 Å². The van der Waals surface area contributed by atoms with Gasteiger partial charge in [0, 0.05) is 44.1 Å². The summed E-state index contributed by atoms with van der Waals surface area (Å²) in [6, 6.07) is 0.715. The molecule has 0 bridgehead atoms. The molecule has 0 unspecified atom stereocenters. The lowest BCUT2D eigenvalue weighted by atomic mass is 9.75. The molecular weight excluding hydrogens is 288 g/mol. The van der Waals surface area contributed by atoms with Crippen molar-refractivity contribution >= 4 is 15.9 Å². The molecule has 18 heavy (non-hydrogen) atoms. The molecule has 2 aliphatic rings. The van der Waals surface area contributed by atoms with Gasteiger partial charge in [0.15, 0.2) is 0 Å². The molecule has 1 saturated heterocycles. The Labute approximate surface area is 121 Å². The summed E-state index contributed by atoms with van der Waals surface area (Å²) in [4.78, 5) is 5.32. The first kappa shape index (κ1) is 14.8. The van der Waals surface area contributed by atoms with Crippen LogP contribution in [0.5, 0.6) is 0 Å². The fraction of sp³-hybridized carbons (Fsp3) is 1.00. The Bertz CT molecular complexity index is 241. The van der Waals surface area contributed by atoms with Crippen LogP contribution in [0.15, 0.2) is 0 Å². The van der Waals surface area contributed by atoms with Crippen LogP contribution >= 0.6 is 15.9 Å². The van der Waals surface area contributed by atoms with E-state index in [-0.39, 0.29) is 0 Å². The van der Waals surface area contributed by atoms with Gasteiger partial charge in [0.25, 0.3) is 0 Å². The van der Waals surface area contributed by atoms with E-state index in [0.717, 1.165) is 0 Å². The highest BCUT2D eigenvalue weighted by Gasteiger charge is 2.33. The molecule has 2 rings (SSSR count). The number of halogens is 1. The van der Waals surface area contributed by atoms with Crippen molar-refractivity contribution in [1.29, 1.82) is 0 Å². The van der Waals surface area contributed by atoms with Gasteiger partial charge in [0.05, 0.1) is 0 Å². The SMILES string of the molecule is CC(C)N1CCN(CC2(CBr)CCCCC2)CC1. The van der Waals surface area contributed by atoms with E-state index < -0.39 is 0 Å². The quantitative estimate of drug-likeness (QED) is 0.734. The van der Waals surface area contributed by atoms with Crippen LogP contribution in [-0.2, 0) is 0 Å². The monoisotopic (exact) mass is 316 g/mol. The second-order valence-electron chi connectivity index (χ2n) is 6.60. The van der Waals surface area contributed by atoms with Gasteiger partial charge in [0.2, 0.25) is 0 Å². The summed E-state index contributed by atoms with van der Waals surface area (Å²) in [5, 5.41) is 1.20. The molecule has 1 saturated carbocycles. The molecule has 2 nitrogen and oxygen atoms in total. The smallest absolute Gasteiger partial charge is 0.0113 e. The molecule has 0 aromatic heterocycles. The lowest BCUT2D eigenvalue weighted by Crippen LogP contribution is -2.52. The van der Waals surface area contributed by atoms with Crippen LogP contribution in [0.1, 0.15) is 46.0 Å². The van der Waals surface area contributed by atoms with Crippen LogP contribution in [0, 0.1) is 5.41 Å². The highest BCUT2D eigenvalue weighted by atomic mass is 79.9. The second kappa shape index (κ2) is 6.71. The number of rotatable bonds is 4. The van der Waals surface area contributed by atoms with Gasteiger partial charge in [-0.2, -0.15) is 0 Å². The summed E-state index contributed by atoms with van der Waals surface area (Å²) in [5.41, 5.74) is 0.582. The maximum Gasteiger partial charge on any atom is 0.0113 e. The van der Waals surface area contributed by atoms with Crippen LogP contribution in [0.2, 0.25) is 0 Å². The Morgan fingerprint density at radius 1 is 1.00 bits per heavy atom. The number of nitrogens with zero attached hydrogens (tertiary/aromatic N) is 2. The maximum absolute atomic E-state index is 3.79. The zero-order chi connectivity index (χ0) is 13.0. The van der Waals surface area contributed by atoms with Crippen molar-refractivity contribution in [2.45, 2.75) is 52.0 Å². The van der Waals surface area contributed by atoms with Crippen LogP contribution in [0.25, 0.3) is 0 Å². The third-order valence-electron chi connectivity index (χ3n) is 4.89. The first-order valence-electron chi connectivity index (χ1n) is 7.68. The van der Waals surface area contributed by atoms with Crippen molar-refractivity contribution in [3.8, 4) is 0 Å². The van der Waals surface area contributed by atoms with Crippen molar-refractivity contribution < 1.29 is 0 Å². The van der Waals surface area contributed by atoms with E-state index in [1.165, 1.54) is 70.2 Å². The Hall–Kier alpha value is 0.400. The topological polar surface area (TPSA) is 6.48 Å². The van der Waals surface area contributed by atoms with Crippen LogP contribution in [-0.4, -0.2) is 53.9 Å². The van der Waals surface area contributed by atoms with Crippen molar-refractivity contribution in [3.63, 3.8) is 0 Å². The third-order valence-corrected chi connectivity index (χ3v) is 6.08. The number of alkyl halides is 1. The first-order chi connectivity index (χ1) is 8.65. The Morgan fingerprint density at radius 2 is 1.61 bits per heavy atom. The summed E-state index contributed by atoms with van der Waals surface area (Å²) in [7, 11) is 0. The van der Waals surface area contributed by atoms with Gasteiger partial charge in [-0.05, 0) is 32.1 Å². The molecule has 106 valence electrons. The van der Waals surface area contributed by atoms with Gasteiger partial charge in [-0.15, -0.1) is 0 Å². The highest BCUT2D eigenvalue weighted by Crippen LogP contribution is 2.38. The molecule has 0 aromatic carbocycles.